The molecule has 0 aliphatic carbocycles. The number of halogens is 3. The van der Waals surface area contributed by atoms with Crippen LogP contribution in [0.25, 0.3) is 0 Å². The van der Waals surface area contributed by atoms with Gasteiger partial charge in [-0.05, 0) is 43.2 Å². The lowest BCUT2D eigenvalue weighted by atomic mass is 9.89. The maximum absolute atomic E-state index is 12.9. The third-order valence-electron chi connectivity index (χ3n) is 5.33. The molecule has 2 aromatic rings. The number of benzene rings is 1. The standard InChI is InChI=1S/C19H19F3N4O3S/c20-19(21,22)14-6-4-13(5-7-14)17(27)26-10-2-8-18(12-26)11-24-16-15(3-1-9-23-16)30(28,29)25-18/h1,3-7,9H,2,8,10-12H2,(H2-,23,24,25,28,29). The monoisotopic (exact) mass is 440 g/mol. The van der Waals surface area contributed by atoms with Crippen molar-refractivity contribution < 1.29 is 26.7 Å². The van der Waals surface area contributed by atoms with Crippen LogP contribution in [0.4, 0.5) is 19.0 Å². The fourth-order valence-corrected chi connectivity index (χ4v) is 5.44. The topological polar surface area (TPSA) is 97.4 Å². The summed E-state index contributed by atoms with van der Waals surface area (Å²) >= 11 is 0. The number of rotatable bonds is 1. The quantitative estimate of drug-likeness (QED) is 0.665. The zero-order valence-corrected chi connectivity index (χ0v) is 16.6. The highest BCUT2D eigenvalue weighted by molar-refractivity contribution is 7.96. The highest BCUT2D eigenvalue weighted by atomic mass is 32.3. The molecule has 2 aliphatic heterocycles. The van der Waals surface area contributed by atoms with Crippen molar-refractivity contribution in [2.75, 3.05) is 25.0 Å². The van der Waals surface area contributed by atoms with Crippen LogP contribution in [0.2, 0.25) is 0 Å². The van der Waals surface area contributed by atoms with Crippen molar-refractivity contribution in [2.45, 2.75) is 29.5 Å². The van der Waals surface area contributed by atoms with Crippen molar-refractivity contribution in [3.05, 3.63) is 53.7 Å². The molecular weight excluding hydrogens is 421 g/mol. The van der Waals surface area contributed by atoms with Crippen molar-refractivity contribution in [1.82, 2.24) is 14.6 Å². The molecular formula is C19H19F3N4O3S. The summed E-state index contributed by atoms with van der Waals surface area (Å²) in [5.74, 6) is -0.199. The summed E-state index contributed by atoms with van der Waals surface area (Å²) in [6.07, 6.45) is -1.95. The predicted molar refractivity (Wildman–Crippen MR) is 102 cm³/mol. The van der Waals surface area contributed by atoms with Gasteiger partial charge < -0.3 is 14.8 Å². The van der Waals surface area contributed by atoms with Crippen molar-refractivity contribution in [1.29, 1.82) is 0 Å². The Morgan fingerprint density at radius 3 is 2.67 bits per heavy atom. The second-order valence-corrected chi connectivity index (χ2v) is 9.15. The number of nitrogens with zero attached hydrogens (tertiary/aromatic N) is 2. The Kier molecular flexibility index (Phi) is 5.07. The van der Waals surface area contributed by atoms with Crippen molar-refractivity contribution in [2.24, 2.45) is 0 Å². The zero-order valence-electron chi connectivity index (χ0n) is 15.7. The average Bonchev–Trinajstić information content (AvgIpc) is 2.81. The van der Waals surface area contributed by atoms with Crippen molar-refractivity contribution >= 4 is 22.1 Å². The van der Waals surface area contributed by atoms with E-state index in [0.717, 1.165) is 24.3 Å². The molecule has 0 bridgehead atoms. The van der Waals surface area contributed by atoms with Crippen LogP contribution >= 0.6 is 0 Å². The molecule has 30 heavy (non-hydrogen) atoms. The van der Waals surface area contributed by atoms with E-state index in [4.69, 9.17) is 0 Å². The number of pyridine rings is 1. The molecule has 1 aromatic carbocycles. The van der Waals surface area contributed by atoms with E-state index in [1.54, 1.807) is 0 Å². The number of amides is 1. The third kappa shape index (κ3) is 3.92. The lowest BCUT2D eigenvalue weighted by molar-refractivity contribution is -0.137. The van der Waals surface area contributed by atoms with E-state index in [-0.39, 0.29) is 29.4 Å². The molecule has 1 fully saturated rings. The highest BCUT2D eigenvalue weighted by Crippen LogP contribution is 2.33. The third-order valence-corrected chi connectivity index (χ3v) is 6.94. The van der Waals surface area contributed by atoms with E-state index in [1.807, 2.05) is 0 Å². The van der Waals surface area contributed by atoms with Gasteiger partial charge in [-0.25, -0.2) is 4.98 Å². The second kappa shape index (κ2) is 7.33. The maximum Gasteiger partial charge on any atom is 0.416 e. The van der Waals surface area contributed by atoms with Crippen LogP contribution in [-0.4, -0.2) is 45.5 Å². The Labute approximate surface area is 172 Å². The predicted octanol–water partition coefficient (Wildman–Crippen LogP) is 2.69. The van der Waals surface area contributed by atoms with Gasteiger partial charge in [0, 0.05) is 37.5 Å². The number of nitrogens with one attached hydrogen (secondary N) is 2. The Bertz CT molecular complexity index is 1010. The Morgan fingerprint density at radius 1 is 1.23 bits per heavy atom. The minimum atomic E-state index is -4.48. The summed E-state index contributed by atoms with van der Waals surface area (Å²) in [4.78, 5) is 18.5. The van der Waals surface area contributed by atoms with Crippen LogP contribution in [0.15, 0.2) is 47.5 Å². The Hall–Kier alpha value is -2.50. The van der Waals surface area contributed by atoms with E-state index >= 15 is 0 Å². The summed E-state index contributed by atoms with van der Waals surface area (Å²) in [6, 6.07) is 6.99. The van der Waals surface area contributed by atoms with E-state index in [2.05, 4.69) is 15.0 Å². The van der Waals surface area contributed by atoms with Crippen LogP contribution in [0.3, 0.4) is 0 Å². The van der Waals surface area contributed by atoms with Gasteiger partial charge in [0.05, 0.1) is 11.1 Å². The number of sulfonamides is 1. The normalized spacial score (nSPS) is 26.6. The molecule has 160 valence electrons. The SMILES string of the molecule is O=C(c1ccc(C(F)(F)F)cc1)N1CCCC2(CNc3ncccc3[S+](=O)([O-])N2)C1. The van der Waals surface area contributed by atoms with Crippen molar-refractivity contribution in [3.63, 3.8) is 0 Å². The van der Waals surface area contributed by atoms with Gasteiger partial charge >= 0.3 is 6.18 Å². The Morgan fingerprint density at radius 2 is 1.97 bits per heavy atom. The lowest BCUT2D eigenvalue weighted by Crippen LogP contribution is -2.63. The van der Waals surface area contributed by atoms with E-state index < -0.39 is 33.6 Å². The molecule has 4 rings (SSSR count). The zero-order chi connectivity index (χ0) is 21.6. The number of aromatic nitrogens is 1. The maximum atomic E-state index is 12.9. The fourth-order valence-electron chi connectivity index (χ4n) is 3.89. The first-order chi connectivity index (χ1) is 14.1. The number of piperidine rings is 1. The van der Waals surface area contributed by atoms with Crippen LogP contribution in [0, 0.1) is 0 Å². The number of fused-ring (bicyclic) bond motifs is 1. The number of hydrogen-bond acceptors (Lipinski definition) is 5. The average molecular weight is 440 g/mol. The molecule has 1 spiro atoms. The van der Waals surface area contributed by atoms with E-state index in [9.17, 15) is 26.7 Å². The largest absolute Gasteiger partial charge is 0.593 e. The molecule has 2 atom stereocenters. The summed E-state index contributed by atoms with van der Waals surface area (Å²) < 4.78 is 66.7. The van der Waals surface area contributed by atoms with Gasteiger partial charge in [0.1, 0.15) is 0 Å². The fraction of sp³-hybridized carbons (Fsp3) is 0.368. The molecule has 1 aromatic heterocycles. The first-order valence-corrected chi connectivity index (χ1v) is 10.8. The molecule has 0 saturated carbocycles. The summed E-state index contributed by atoms with van der Waals surface area (Å²) in [6.45, 7) is 0.703. The molecule has 11 heteroatoms. The number of hydrogen-bond donors (Lipinski definition) is 2. The summed E-state index contributed by atoms with van der Waals surface area (Å²) in [7, 11) is -3.86. The van der Waals surface area contributed by atoms with Crippen molar-refractivity contribution in [3.8, 4) is 0 Å². The molecule has 2 unspecified atom stereocenters. The minimum Gasteiger partial charge on any atom is -0.593 e. The van der Waals surface area contributed by atoms with Crippen LogP contribution in [-0.2, 0) is 20.8 Å². The molecule has 2 N–H and O–H groups in total. The first kappa shape index (κ1) is 20.8. The van der Waals surface area contributed by atoms with E-state index in [1.165, 1.54) is 23.2 Å². The molecule has 0 radical (unpaired) electrons. The van der Waals surface area contributed by atoms with Crippen LogP contribution in [0.5, 0.6) is 0 Å². The molecule has 1 saturated heterocycles. The van der Waals surface area contributed by atoms with Gasteiger partial charge in [-0.15, -0.1) is 4.72 Å². The van der Waals surface area contributed by atoms with Gasteiger partial charge in [0.15, 0.2) is 16.2 Å². The smallest absolute Gasteiger partial charge is 0.416 e. The molecule has 3 heterocycles. The number of anilines is 1. The highest BCUT2D eigenvalue weighted by Gasteiger charge is 2.46. The van der Waals surface area contributed by atoms with Gasteiger partial charge in [-0.2, -0.15) is 13.2 Å². The van der Waals surface area contributed by atoms with Crippen LogP contribution < -0.4 is 10.0 Å². The minimum absolute atomic E-state index is 0.0352. The summed E-state index contributed by atoms with van der Waals surface area (Å²) in [5, 5.41) is 3.05. The number of carbonyl (C=O) groups is 1. The van der Waals surface area contributed by atoms with Crippen LogP contribution in [0.1, 0.15) is 28.8 Å². The molecule has 1 amide bonds. The number of alkyl halides is 3. The Balaban J connectivity index is 1.56. The molecule has 2 aliphatic rings. The van der Waals surface area contributed by atoms with Gasteiger partial charge in [0.25, 0.3) is 5.91 Å². The second-order valence-electron chi connectivity index (χ2n) is 7.49. The number of carbonyl (C=O) groups excluding carboxylic acids is 1. The number of likely N-dealkylation sites (tertiary alicyclic amines) is 1. The summed E-state index contributed by atoms with van der Waals surface area (Å²) in [5.41, 5.74) is -1.66. The van der Waals surface area contributed by atoms with Gasteiger partial charge in [-0.1, -0.05) is 4.21 Å². The van der Waals surface area contributed by atoms with Gasteiger partial charge in [-0.3, -0.25) is 4.79 Å². The molecule has 7 nitrogen and oxygen atoms in total. The van der Waals surface area contributed by atoms with Gasteiger partial charge in [0.2, 0.25) is 4.90 Å². The van der Waals surface area contributed by atoms with E-state index in [0.29, 0.717) is 19.4 Å². The lowest BCUT2D eigenvalue weighted by Gasteiger charge is -2.42. The first-order valence-electron chi connectivity index (χ1n) is 9.29.